The highest BCUT2D eigenvalue weighted by Crippen LogP contribution is 2.11. The largest absolute Gasteiger partial charge is 0.389 e. The van der Waals surface area contributed by atoms with Crippen molar-refractivity contribution in [2.45, 2.75) is 38.3 Å². The van der Waals surface area contributed by atoms with Crippen LogP contribution in [0.2, 0.25) is 0 Å². The molecule has 0 spiro atoms. The Balaban J connectivity index is 1.66. The molecule has 4 nitrogen and oxygen atoms in total. The van der Waals surface area contributed by atoms with Gasteiger partial charge in [0.1, 0.15) is 6.61 Å². The van der Waals surface area contributed by atoms with Gasteiger partial charge >= 0.3 is 0 Å². The van der Waals surface area contributed by atoms with E-state index in [2.05, 4.69) is 17.9 Å². The maximum Gasteiger partial charge on any atom is 0.102 e. The van der Waals surface area contributed by atoms with Crippen molar-refractivity contribution < 1.29 is 9.94 Å². The minimum Gasteiger partial charge on any atom is -0.389 e. The number of β-amino-alcohol motifs (C(OH)–C–C–N with tert-alkyl or cyclic N) is 1. The lowest BCUT2D eigenvalue weighted by Crippen LogP contribution is -2.40. The van der Waals surface area contributed by atoms with Gasteiger partial charge in [-0.25, -0.2) is 0 Å². The van der Waals surface area contributed by atoms with E-state index >= 15 is 0 Å². The van der Waals surface area contributed by atoms with Crippen LogP contribution in [0.5, 0.6) is 0 Å². The fraction of sp³-hybridized carbons (Fsp3) is 0.714. The lowest BCUT2D eigenvalue weighted by Gasteiger charge is -2.30. The highest BCUT2D eigenvalue weighted by Gasteiger charge is 2.17. The van der Waals surface area contributed by atoms with Gasteiger partial charge < -0.3 is 10.0 Å². The Morgan fingerprint density at radius 2 is 2.06 bits per heavy atom. The van der Waals surface area contributed by atoms with Gasteiger partial charge in [0.2, 0.25) is 0 Å². The van der Waals surface area contributed by atoms with Crippen molar-refractivity contribution in [2.24, 2.45) is 0 Å². The van der Waals surface area contributed by atoms with Crippen molar-refractivity contribution in [3.63, 3.8) is 0 Å². The van der Waals surface area contributed by atoms with Gasteiger partial charge in [0.25, 0.3) is 0 Å². The summed E-state index contributed by atoms with van der Waals surface area (Å²) in [5.41, 5.74) is 0. The molecule has 0 bridgehead atoms. The first-order valence-electron chi connectivity index (χ1n) is 6.92. The quantitative estimate of drug-likeness (QED) is 0.805. The second-order valence-electron chi connectivity index (χ2n) is 5.14. The number of rotatable bonds is 5. The Bertz CT molecular complexity index is 298. The van der Waals surface area contributed by atoms with E-state index < -0.39 is 6.10 Å². The Morgan fingerprint density at radius 3 is 2.78 bits per heavy atom. The van der Waals surface area contributed by atoms with E-state index in [4.69, 9.17) is 4.84 Å². The molecule has 102 valence electrons. The number of allylic oxidation sites excluding steroid dienone is 2. The fourth-order valence-corrected chi connectivity index (χ4v) is 2.41. The van der Waals surface area contributed by atoms with Crippen LogP contribution in [0.25, 0.3) is 0 Å². The molecule has 0 aromatic heterocycles. The molecule has 2 heterocycles. The maximum atomic E-state index is 9.98. The summed E-state index contributed by atoms with van der Waals surface area (Å²) in [7, 11) is 0. The van der Waals surface area contributed by atoms with E-state index in [1.165, 1.54) is 19.3 Å². The molecule has 2 unspecified atom stereocenters. The smallest absolute Gasteiger partial charge is 0.102 e. The van der Waals surface area contributed by atoms with Gasteiger partial charge in [-0.1, -0.05) is 18.6 Å². The molecular formula is C14H24N2O2. The number of aliphatic hydroxyl groups is 1. The zero-order valence-corrected chi connectivity index (χ0v) is 11.2. The van der Waals surface area contributed by atoms with E-state index in [0.29, 0.717) is 6.61 Å². The first kappa shape index (κ1) is 13.6. The number of hydroxylamine groups is 2. The predicted octanol–water partition coefficient (Wildman–Crippen LogP) is 1.54. The highest BCUT2D eigenvalue weighted by molar-refractivity contribution is 5.10. The minimum atomic E-state index is -0.408. The molecule has 1 N–H and O–H groups in total. The molecule has 0 radical (unpaired) electrons. The van der Waals surface area contributed by atoms with Crippen LogP contribution >= 0.6 is 0 Å². The first-order valence-corrected chi connectivity index (χ1v) is 6.92. The van der Waals surface area contributed by atoms with E-state index in [9.17, 15) is 5.11 Å². The van der Waals surface area contributed by atoms with Crippen molar-refractivity contribution >= 4 is 0 Å². The number of piperidine rings is 1. The molecule has 0 saturated carbocycles. The van der Waals surface area contributed by atoms with Crippen molar-refractivity contribution in [1.82, 2.24) is 9.96 Å². The molecule has 4 heteroatoms. The van der Waals surface area contributed by atoms with Gasteiger partial charge in [-0.3, -0.25) is 9.90 Å². The Labute approximate surface area is 109 Å². The molecule has 1 saturated heterocycles. The molecule has 2 rings (SSSR count). The average molecular weight is 252 g/mol. The number of hydrogen-bond acceptors (Lipinski definition) is 4. The molecule has 18 heavy (non-hydrogen) atoms. The number of aliphatic hydroxyl groups excluding tert-OH is 1. The third-order valence-electron chi connectivity index (χ3n) is 3.47. The van der Waals surface area contributed by atoms with E-state index in [0.717, 1.165) is 19.6 Å². The lowest BCUT2D eigenvalue weighted by atomic mass is 10.1. The van der Waals surface area contributed by atoms with Crippen LogP contribution in [0.1, 0.15) is 26.2 Å². The molecule has 2 aliphatic rings. The standard InChI is InChI=1S/C14H24N2O2/c1-13-7-3-6-10-16(13)18-12-14(17)11-15-8-4-2-5-9-15/h3,6-7,10,13-14,17H,2,4-5,8-9,11-12H2,1H3. The summed E-state index contributed by atoms with van der Waals surface area (Å²) >= 11 is 0. The Hall–Kier alpha value is -0.840. The molecule has 2 aliphatic heterocycles. The molecule has 0 aliphatic carbocycles. The molecule has 1 fully saturated rings. The van der Waals surface area contributed by atoms with Crippen LogP contribution in [0, 0.1) is 0 Å². The van der Waals surface area contributed by atoms with E-state index in [1.807, 2.05) is 18.4 Å². The second kappa shape index (κ2) is 6.92. The molecule has 0 aromatic carbocycles. The fourth-order valence-electron chi connectivity index (χ4n) is 2.41. The molecular weight excluding hydrogens is 228 g/mol. The van der Waals surface area contributed by atoms with Crippen LogP contribution < -0.4 is 0 Å². The van der Waals surface area contributed by atoms with Crippen LogP contribution in [-0.4, -0.2) is 53.5 Å². The summed E-state index contributed by atoms with van der Waals surface area (Å²) < 4.78 is 0. The lowest BCUT2D eigenvalue weighted by molar-refractivity contribution is -0.160. The summed E-state index contributed by atoms with van der Waals surface area (Å²) in [6.45, 7) is 5.37. The van der Waals surface area contributed by atoms with Gasteiger partial charge in [-0.15, -0.1) is 0 Å². The Kier molecular flexibility index (Phi) is 5.23. The van der Waals surface area contributed by atoms with Crippen LogP contribution in [0.15, 0.2) is 24.4 Å². The predicted molar refractivity (Wildman–Crippen MR) is 71.8 cm³/mol. The van der Waals surface area contributed by atoms with Gasteiger partial charge in [0.15, 0.2) is 0 Å². The summed E-state index contributed by atoms with van der Waals surface area (Å²) in [6.07, 6.45) is 11.3. The van der Waals surface area contributed by atoms with Crippen molar-refractivity contribution in [3.05, 3.63) is 24.4 Å². The molecule has 0 aromatic rings. The molecule has 2 atom stereocenters. The third kappa shape index (κ3) is 4.12. The maximum absolute atomic E-state index is 9.98. The van der Waals surface area contributed by atoms with E-state index in [-0.39, 0.29) is 6.04 Å². The second-order valence-corrected chi connectivity index (χ2v) is 5.14. The minimum absolute atomic E-state index is 0.234. The number of nitrogens with zero attached hydrogens (tertiary/aromatic N) is 2. The number of likely N-dealkylation sites (tertiary alicyclic amines) is 1. The highest BCUT2D eigenvalue weighted by atomic mass is 16.7. The monoisotopic (exact) mass is 252 g/mol. The van der Waals surface area contributed by atoms with Gasteiger partial charge in [0.05, 0.1) is 12.1 Å². The zero-order valence-electron chi connectivity index (χ0n) is 11.2. The summed E-state index contributed by atoms with van der Waals surface area (Å²) in [6, 6.07) is 0.234. The summed E-state index contributed by atoms with van der Waals surface area (Å²) in [5, 5.41) is 11.8. The average Bonchev–Trinajstić information content (AvgIpc) is 2.39. The van der Waals surface area contributed by atoms with Crippen molar-refractivity contribution in [3.8, 4) is 0 Å². The van der Waals surface area contributed by atoms with Crippen LogP contribution in [0.3, 0.4) is 0 Å². The van der Waals surface area contributed by atoms with E-state index in [1.54, 1.807) is 5.06 Å². The topological polar surface area (TPSA) is 35.9 Å². The van der Waals surface area contributed by atoms with Gasteiger partial charge in [-0.05, 0) is 38.9 Å². The zero-order chi connectivity index (χ0) is 12.8. The van der Waals surface area contributed by atoms with Gasteiger partial charge in [-0.2, -0.15) is 0 Å². The number of hydrogen-bond donors (Lipinski definition) is 1. The van der Waals surface area contributed by atoms with Crippen LogP contribution in [-0.2, 0) is 4.84 Å². The SMILES string of the molecule is CC1C=CC=CN1OCC(O)CN1CCCCC1. The first-order chi connectivity index (χ1) is 8.75. The van der Waals surface area contributed by atoms with Crippen molar-refractivity contribution in [2.75, 3.05) is 26.2 Å². The Morgan fingerprint density at radius 1 is 1.28 bits per heavy atom. The normalized spacial score (nSPS) is 26.6. The summed E-state index contributed by atoms with van der Waals surface area (Å²) in [4.78, 5) is 7.94. The third-order valence-corrected chi connectivity index (χ3v) is 3.47. The van der Waals surface area contributed by atoms with Gasteiger partial charge in [0, 0.05) is 12.7 Å². The summed E-state index contributed by atoms with van der Waals surface area (Å²) in [5.74, 6) is 0. The van der Waals surface area contributed by atoms with Crippen LogP contribution in [0.4, 0.5) is 0 Å². The van der Waals surface area contributed by atoms with Crippen molar-refractivity contribution in [1.29, 1.82) is 0 Å². The molecule has 0 amide bonds.